The minimum absolute atomic E-state index is 0.172. The Hall–Kier alpha value is -4.76. The molecule has 56 heavy (non-hydrogen) atoms. The van der Waals surface area contributed by atoms with Crippen LogP contribution in [0.15, 0.2) is 60.9 Å². The SMILES string of the molecule is O=C(C[C@@H](CCC(F)(F)F)c1ncc(-c2ccc(-c3ccc(-c4cnc([C@H](CCC(F)(F)F)CC(=O)N5CCC(F)CC5)[nH]4)cc3)cc2)[nH]1)N1CCC(F)CC1. The number of benzene rings is 2. The highest BCUT2D eigenvalue weighted by molar-refractivity contribution is 5.78. The number of carbonyl (C=O) groups excluding carboxylic acids is 2. The van der Waals surface area contributed by atoms with Crippen LogP contribution in [0.2, 0.25) is 0 Å². The lowest BCUT2D eigenvalue weighted by Crippen LogP contribution is -2.39. The maximum Gasteiger partial charge on any atom is 0.389 e. The van der Waals surface area contributed by atoms with Crippen LogP contribution in [-0.4, -0.2) is 92.4 Å². The van der Waals surface area contributed by atoms with Crippen molar-refractivity contribution in [3.8, 4) is 33.6 Å². The normalized spacial score (nSPS) is 17.3. The van der Waals surface area contributed by atoms with E-state index in [1.165, 1.54) is 22.2 Å². The zero-order valence-corrected chi connectivity index (χ0v) is 30.6. The number of nitrogens with one attached hydrogen (secondary N) is 2. The summed E-state index contributed by atoms with van der Waals surface area (Å²) in [6.07, 6.45) is -10.0. The largest absolute Gasteiger partial charge is 0.389 e. The molecular weight excluding hydrogens is 748 g/mol. The van der Waals surface area contributed by atoms with Crippen LogP contribution in [0.25, 0.3) is 33.6 Å². The van der Waals surface area contributed by atoms with Crippen LogP contribution in [-0.2, 0) is 9.59 Å². The second-order valence-electron chi connectivity index (χ2n) is 14.7. The van der Waals surface area contributed by atoms with Crippen molar-refractivity contribution in [2.75, 3.05) is 26.2 Å². The maximum atomic E-state index is 13.6. The van der Waals surface area contributed by atoms with Crippen LogP contribution in [0.4, 0.5) is 35.1 Å². The molecule has 4 heterocycles. The molecule has 2 aliphatic rings. The molecule has 2 fully saturated rings. The lowest BCUT2D eigenvalue weighted by atomic mass is 9.96. The number of imidazole rings is 2. The van der Waals surface area contributed by atoms with E-state index in [9.17, 15) is 44.7 Å². The van der Waals surface area contributed by atoms with Crippen LogP contribution < -0.4 is 0 Å². The van der Waals surface area contributed by atoms with E-state index in [1.807, 2.05) is 48.5 Å². The number of H-pyrrole nitrogens is 2. The highest BCUT2D eigenvalue weighted by atomic mass is 19.4. The zero-order chi connectivity index (χ0) is 40.0. The van der Waals surface area contributed by atoms with Gasteiger partial charge in [0, 0.05) is 63.7 Å². The fourth-order valence-electron chi connectivity index (χ4n) is 7.29. The topological polar surface area (TPSA) is 98.0 Å². The van der Waals surface area contributed by atoms with Crippen molar-refractivity contribution < 1.29 is 44.7 Å². The molecule has 2 N–H and O–H groups in total. The molecule has 4 aromatic rings. The summed E-state index contributed by atoms with van der Waals surface area (Å²) in [4.78, 5) is 43.8. The van der Waals surface area contributed by atoms with E-state index in [1.54, 1.807) is 0 Å². The van der Waals surface area contributed by atoms with Crippen molar-refractivity contribution in [1.82, 2.24) is 29.7 Å². The average molecular weight is 793 g/mol. The molecule has 0 spiro atoms. The first-order valence-corrected chi connectivity index (χ1v) is 18.9. The Labute approximate surface area is 319 Å². The van der Waals surface area contributed by atoms with E-state index in [-0.39, 0.29) is 101 Å². The van der Waals surface area contributed by atoms with Gasteiger partial charge in [0.05, 0.1) is 23.8 Å². The molecule has 16 heteroatoms. The quantitative estimate of drug-likeness (QED) is 0.132. The Kier molecular flexibility index (Phi) is 12.8. The Bertz CT molecular complexity index is 1750. The standard InChI is InChI=1S/C40H44F8N6O2/c41-31-11-17-53(18-12-31)35(55)21-29(9-15-39(43,44)45)37-49-23-33(51-37)27-5-1-25(2-6-27)26-3-7-28(8-4-26)34-24-50-38(52-34)30(10-16-40(46,47)48)22-36(56)54-19-13-32(42)14-20-54/h1-8,23-24,29-32H,9-22H2,(H,49,51)(H,50,52)/t29-,30-/m1/s1. The summed E-state index contributed by atoms with van der Waals surface area (Å²) in [7, 11) is 0. The predicted molar refractivity (Wildman–Crippen MR) is 194 cm³/mol. The van der Waals surface area contributed by atoms with Gasteiger partial charge >= 0.3 is 12.4 Å². The Balaban J connectivity index is 1.11. The molecule has 6 rings (SSSR count). The van der Waals surface area contributed by atoms with E-state index in [2.05, 4.69) is 19.9 Å². The average Bonchev–Trinajstić information content (AvgIpc) is 3.86. The van der Waals surface area contributed by atoms with Gasteiger partial charge in [0.15, 0.2) is 0 Å². The molecule has 2 saturated heterocycles. The van der Waals surface area contributed by atoms with Crippen LogP contribution in [0.5, 0.6) is 0 Å². The zero-order valence-electron chi connectivity index (χ0n) is 30.6. The Morgan fingerprint density at radius 3 is 1.23 bits per heavy atom. The molecule has 2 amide bonds. The number of likely N-dealkylation sites (tertiary alicyclic amines) is 2. The van der Waals surface area contributed by atoms with Crippen molar-refractivity contribution in [1.29, 1.82) is 0 Å². The number of hydrogen-bond donors (Lipinski definition) is 2. The second-order valence-corrected chi connectivity index (χ2v) is 14.7. The number of piperidine rings is 2. The molecule has 8 nitrogen and oxygen atoms in total. The van der Waals surface area contributed by atoms with Crippen molar-refractivity contribution in [3.63, 3.8) is 0 Å². The number of rotatable bonds is 13. The molecule has 2 aromatic heterocycles. The highest BCUT2D eigenvalue weighted by Crippen LogP contribution is 2.35. The minimum atomic E-state index is -4.40. The van der Waals surface area contributed by atoms with Gasteiger partial charge in [-0.2, -0.15) is 26.3 Å². The van der Waals surface area contributed by atoms with Gasteiger partial charge in [-0.1, -0.05) is 48.5 Å². The molecule has 0 bridgehead atoms. The molecule has 2 aromatic carbocycles. The molecule has 2 aliphatic heterocycles. The predicted octanol–water partition coefficient (Wildman–Crippen LogP) is 9.69. The van der Waals surface area contributed by atoms with E-state index in [0.29, 0.717) is 11.4 Å². The van der Waals surface area contributed by atoms with Gasteiger partial charge in [-0.15, -0.1) is 0 Å². The van der Waals surface area contributed by atoms with Gasteiger partial charge < -0.3 is 19.8 Å². The van der Waals surface area contributed by atoms with Crippen LogP contribution in [0.3, 0.4) is 0 Å². The Morgan fingerprint density at radius 1 is 0.589 bits per heavy atom. The highest BCUT2D eigenvalue weighted by Gasteiger charge is 2.34. The summed E-state index contributed by atoms with van der Waals surface area (Å²) >= 11 is 0. The van der Waals surface area contributed by atoms with Crippen LogP contribution in [0.1, 0.15) is 87.7 Å². The van der Waals surface area contributed by atoms with Crippen molar-refractivity contribution in [2.45, 2.75) is 101 Å². The lowest BCUT2D eigenvalue weighted by molar-refractivity contribution is -0.140. The Morgan fingerprint density at radius 2 is 0.911 bits per heavy atom. The molecular formula is C40H44F8N6O2. The molecule has 0 saturated carbocycles. The molecule has 2 atom stereocenters. The fourth-order valence-corrected chi connectivity index (χ4v) is 7.29. The third kappa shape index (κ3) is 11.2. The monoisotopic (exact) mass is 792 g/mol. The van der Waals surface area contributed by atoms with E-state index < -0.39 is 49.4 Å². The smallest absolute Gasteiger partial charge is 0.342 e. The van der Waals surface area contributed by atoms with Crippen molar-refractivity contribution >= 4 is 11.8 Å². The summed E-state index contributed by atoms with van der Waals surface area (Å²) in [6.45, 7) is 0.932. The number of aromatic nitrogens is 4. The van der Waals surface area contributed by atoms with E-state index in [4.69, 9.17) is 0 Å². The molecule has 0 radical (unpaired) electrons. The number of halogens is 8. The number of hydrogen-bond acceptors (Lipinski definition) is 4. The third-order valence-corrected chi connectivity index (χ3v) is 10.6. The van der Waals surface area contributed by atoms with E-state index in [0.717, 1.165) is 22.3 Å². The maximum absolute atomic E-state index is 13.6. The van der Waals surface area contributed by atoms with Gasteiger partial charge in [0.1, 0.15) is 24.0 Å². The van der Waals surface area contributed by atoms with Crippen molar-refractivity contribution in [2.24, 2.45) is 0 Å². The third-order valence-electron chi connectivity index (χ3n) is 10.6. The number of carbonyl (C=O) groups is 2. The van der Waals surface area contributed by atoms with E-state index >= 15 is 0 Å². The van der Waals surface area contributed by atoms with Gasteiger partial charge in [-0.25, -0.2) is 18.7 Å². The lowest BCUT2D eigenvalue weighted by Gasteiger charge is -2.30. The van der Waals surface area contributed by atoms with Gasteiger partial charge in [-0.05, 0) is 60.8 Å². The van der Waals surface area contributed by atoms with Gasteiger partial charge in [0.25, 0.3) is 0 Å². The number of alkyl halides is 8. The number of aromatic amines is 2. The van der Waals surface area contributed by atoms with Crippen molar-refractivity contribution in [3.05, 3.63) is 72.6 Å². The molecule has 0 aliphatic carbocycles. The number of nitrogens with zero attached hydrogens (tertiary/aromatic N) is 4. The molecule has 0 unspecified atom stereocenters. The summed E-state index contributed by atoms with van der Waals surface area (Å²) < 4.78 is 106. The van der Waals surface area contributed by atoms with Crippen LogP contribution in [0, 0.1) is 0 Å². The second kappa shape index (κ2) is 17.6. The minimum Gasteiger partial charge on any atom is -0.342 e. The summed E-state index contributed by atoms with van der Waals surface area (Å²) in [5, 5.41) is 0. The first-order chi connectivity index (χ1) is 26.6. The summed E-state index contributed by atoms with van der Waals surface area (Å²) in [6, 6.07) is 14.8. The first-order valence-electron chi connectivity index (χ1n) is 18.9. The summed E-state index contributed by atoms with van der Waals surface area (Å²) in [5.74, 6) is -1.70. The fraction of sp³-hybridized carbons (Fsp3) is 0.500. The first kappa shape index (κ1) is 40.9. The van der Waals surface area contributed by atoms with Crippen LogP contribution >= 0.6 is 0 Å². The van der Waals surface area contributed by atoms with Gasteiger partial charge in [0.2, 0.25) is 11.8 Å². The van der Waals surface area contributed by atoms with Gasteiger partial charge in [-0.3, -0.25) is 9.59 Å². The number of amides is 2. The molecule has 302 valence electrons. The summed E-state index contributed by atoms with van der Waals surface area (Å²) in [5.41, 5.74) is 4.31.